The smallest absolute Gasteiger partial charge is 0.537 e. The van der Waals surface area contributed by atoms with E-state index < -0.39 is 7.25 Å². The summed E-state index contributed by atoms with van der Waals surface area (Å²) in [5.41, 5.74) is 0.972. The average Bonchev–Trinajstić information content (AvgIpc) is 2.15. The lowest BCUT2D eigenvalue weighted by Gasteiger charge is -1.94. The first-order chi connectivity index (χ1) is 7.36. The van der Waals surface area contributed by atoms with Crippen molar-refractivity contribution in [2.45, 2.75) is 0 Å². The SMILES string of the molecule is F[B-](F)(F)F.S=c1ccc2ccccc2[oH+]1. The minimum atomic E-state index is -6.00. The second-order valence-corrected chi connectivity index (χ2v) is 3.26. The summed E-state index contributed by atoms with van der Waals surface area (Å²) in [4.78, 5) is 0. The van der Waals surface area contributed by atoms with Gasteiger partial charge < -0.3 is 21.7 Å². The highest BCUT2D eigenvalue weighted by Crippen LogP contribution is 2.12. The first-order valence-corrected chi connectivity index (χ1v) is 4.67. The number of halogens is 4. The molecule has 0 unspecified atom stereocenters. The topological polar surface area (TPSA) is 12.8 Å². The van der Waals surface area contributed by atoms with E-state index >= 15 is 0 Å². The Kier molecular flexibility index (Phi) is 4.06. The molecule has 0 spiro atoms. The van der Waals surface area contributed by atoms with Gasteiger partial charge in [-0.2, -0.15) is 0 Å². The molecule has 2 rings (SSSR count). The van der Waals surface area contributed by atoms with Crippen LogP contribution in [0, 0.1) is 4.71 Å². The largest absolute Gasteiger partial charge is 0.673 e. The van der Waals surface area contributed by atoms with Crippen molar-refractivity contribution in [3.63, 3.8) is 0 Å². The average molecular weight is 250 g/mol. The molecule has 2 aromatic rings. The second kappa shape index (κ2) is 5.11. The summed E-state index contributed by atoms with van der Waals surface area (Å²) in [7, 11) is -6.00. The lowest BCUT2D eigenvalue weighted by Crippen LogP contribution is -2.02. The molecule has 16 heavy (non-hydrogen) atoms. The Bertz CT molecular complexity index is 516. The summed E-state index contributed by atoms with van der Waals surface area (Å²) in [6, 6.07) is 11.8. The van der Waals surface area contributed by atoms with Gasteiger partial charge in [0.25, 0.3) is 5.58 Å². The third-order valence-corrected chi connectivity index (χ3v) is 1.80. The maximum absolute atomic E-state index is 9.75. The van der Waals surface area contributed by atoms with Gasteiger partial charge in [0.15, 0.2) is 0 Å². The Morgan fingerprint density at radius 2 is 1.50 bits per heavy atom. The highest BCUT2D eigenvalue weighted by atomic mass is 32.1. The minimum Gasteiger partial charge on any atom is -0.537 e. The zero-order chi connectivity index (χ0) is 12.2. The lowest BCUT2D eigenvalue weighted by atomic mass is 10.2. The van der Waals surface area contributed by atoms with Gasteiger partial charge in [-0.05, 0) is 12.1 Å². The van der Waals surface area contributed by atoms with E-state index in [1.165, 1.54) is 0 Å². The molecule has 0 saturated heterocycles. The Labute approximate surface area is 93.8 Å². The number of hydrogen-bond donors (Lipinski definition) is 0. The number of para-hydroxylation sites is 1. The molecule has 0 atom stereocenters. The molecule has 1 nitrogen and oxygen atoms in total. The molecule has 7 heteroatoms. The summed E-state index contributed by atoms with van der Waals surface area (Å²) in [5, 5.41) is 1.14. The monoisotopic (exact) mass is 250 g/mol. The molecule has 86 valence electrons. The molecule has 0 amide bonds. The van der Waals surface area contributed by atoms with Crippen molar-refractivity contribution in [3.05, 3.63) is 41.1 Å². The van der Waals surface area contributed by atoms with Crippen LogP contribution in [0.5, 0.6) is 0 Å². The van der Waals surface area contributed by atoms with Crippen LogP contribution in [-0.4, -0.2) is 7.25 Å². The van der Waals surface area contributed by atoms with Crippen LogP contribution in [0.3, 0.4) is 0 Å². The van der Waals surface area contributed by atoms with Gasteiger partial charge in [0.05, 0.1) is 5.39 Å². The van der Waals surface area contributed by atoms with Gasteiger partial charge >= 0.3 is 12.0 Å². The van der Waals surface area contributed by atoms with Crippen molar-refractivity contribution >= 4 is 30.4 Å². The Morgan fingerprint density at radius 3 is 2.12 bits per heavy atom. The van der Waals surface area contributed by atoms with Crippen LogP contribution in [0.2, 0.25) is 0 Å². The zero-order valence-electron chi connectivity index (χ0n) is 7.91. The normalized spacial score (nSPS) is 10.8. The minimum absolute atomic E-state index is 0.656. The highest BCUT2D eigenvalue weighted by molar-refractivity contribution is 7.71. The molecule has 1 aromatic carbocycles. The van der Waals surface area contributed by atoms with E-state index in [4.69, 9.17) is 12.2 Å². The molecule has 0 radical (unpaired) electrons. The number of rotatable bonds is 0. The Morgan fingerprint density at radius 1 is 0.938 bits per heavy atom. The first-order valence-electron chi connectivity index (χ1n) is 4.26. The van der Waals surface area contributed by atoms with Crippen LogP contribution in [0.15, 0.2) is 40.8 Å². The maximum Gasteiger partial charge on any atom is 0.673 e. The van der Waals surface area contributed by atoms with Gasteiger partial charge in [-0.3, -0.25) is 0 Å². The molecule has 0 bridgehead atoms. The van der Waals surface area contributed by atoms with Gasteiger partial charge in [0.1, 0.15) is 0 Å². The van der Waals surface area contributed by atoms with Crippen molar-refractivity contribution < 1.29 is 21.7 Å². The second-order valence-electron chi connectivity index (χ2n) is 2.84. The lowest BCUT2D eigenvalue weighted by molar-refractivity contribution is 0.368. The molecule has 0 aliphatic heterocycles. The van der Waals surface area contributed by atoms with E-state index in [9.17, 15) is 17.3 Å². The third-order valence-electron chi connectivity index (χ3n) is 1.57. The van der Waals surface area contributed by atoms with Crippen molar-refractivity contribution in [3.8, 4) is 0 Å². The summed E-state index contributed by atoms with van der Waals surface area (Å²) in [6.45, 7) is 0. The van der Waals surface area contributed by atoms with Crippen LogP contribution in [-0.2, 0) is 0 Å². The van der Waals surface area contributed by atoms with Crippen LogP contribution in [0.25, 0.3) is 11.0 Å². The fourth-order valence-electron chi connectivity index (χ4n) is 1.05. The molecular formula is C9H7BF4OS. The summed E-state index contributed by atoms with van der Waals surface area (Å²) in [6.07, 6.45) is 0. The molecule has 0 aliphatic carbocycles. The van der Waals surface area contributed by atoms with Gasteiger partial charge in [-0.25, -0.2) is 0 Å². The number of benzene rings is 1. The zero-order valence-corrected chi connectivity index (χ0v) is 8.73. The molecular weight excluding hydrogens is 243 g/mol. The number of hydrogen-bond acceptors (Lipinski definition) is 1. The van der Waals surface area contributed by atoms with Gasteiger partial charge in [-0.1, -0.05) is 12.1 Å². The van der Waals surface area contributed by atoms with Crippen LogP contribution < -0.4 is 0 Å². The summed E-state index contributed by atoms with van der Waals surface area (Å²) >= 11 is 4.93. The number of fused-ring (bicyclic) bond motifs is 1. The summed E-state index contributed by atoms with van der Waals surface area (Å²) in [5.74, 6) is 0. The standard InChI is InChI=1S/C9H6OS.BF4/c11-9-6-5-7-3-1-2-4-8(7)10-9;2-1(3,4)5/h1-6H;/q;-1/p+1. The Balaban J connectivity index is 0.000000221. The van der Waals surface area contributed by atoms with E-state index in [0.717, 1.165) is 11.0 Å². The maximum atomic E-state index is 9.75. The third kappa shape index (κ3) is 4.93. The van der Waals surface area contributed by atoms with E-state index in [1.807, 2.05) is 36.4 Å². The van der Waals surface area contributed by atoms with Crippen molar-refractivity contribution in [1.29, 1.82) is 0 Å². The van der Waals surface area contributed by atoms with Crippen molar-refractivity contribution in [2.75, 3.05) is 0 Å². The van der Waals surface area contributed by atoms with Gasteiger partial charge in [0.2, 0.25) is 0 Å². The van der Waals surface area contributed by atoms with Crippen molar-refractivity contribution in [1.82, 2.24) is 0 Å². The van der Waals surface area contributed by atoms with E-state index in [0.29, 0.717) is 4.71 Å². The molecule has 0 fully saturated rings. The molecule has 1 aromatic heterocycles. The van der Waals surface area contributed by atoms with Gasteiger partial charge in [-0.15, -0.1) is 0 Å². The Hall–Kier alpha value is -1.37. The molecule has 1 N–H and O–H groups in total. The fraction of sp³-hybridized carbons (Fsp3) is 0. The molecule has 1 heterocycles. The molecule has 0 aliphatic rings. The highest BCUT2D eigenvalue weighted by Gasteiger charge is 2.20. The molecule has 0 saturated carbocycles. The van der Waals surface area contributed by atoms with Crippen molar-refractivity contribution in [2.24, 2.45) is 0 Å². The van der Waals surface area contributed by atoms with Gasteiger partial charge in [0, 0.05) is 24.4 Å². The van der Waals surface area contributed by atoms with E-state index in [1.54, 1.807) is 0 Å². The van der Waals surface area contributed by atoms with Crippen LogP contribution in [0.4, 0.5) is 17.3 Å². The van der Waals surface area contributed by atoms with E-state index in [-0.39, 0.29) is 0 Å². The predicted molar refractivity (Wildman–Crippen MR) is 58.3 cm³/mol. The van der Waals surface area contributed by atoms with E-state index in [2.05, 4.69) is 4.42 Å². The van der Waals surface area contributed by atoms with Crippen LogP contribution >= 0.6 is 12.2 Å². The predicted octanol–water partition coefficient (Wildman–Crippen LogP) is 4.57. The quantitative estimate of drug-likeness (QED) is 0.288. The summed E-state index contributed by atoms with van der Waals surface area (Å²) < 4.78 is 43.8. The fourth-order valence-corrected chi connectivity index (χ4v) is 1.21. The first kappa shape index (κ1) is 12.7. The van der Waals surface area contributed by atoms with Crippen LogP contribution in [0.1, 0.15) is 0 Å².